The van der Waals surface area contributed by atoms with E-state index in [0.717, 1.165) is 0 Å². The fourth-order valence-corrected chi connectivity index (χ4v) is 1.82. The molecule has 2 amide bonds. The second-order valence-corrected chi connectivity index (χ2v) is 3.91. The average Bonchev–Trinajstić information content (AvgIpc) is 2.77. The minimum atomic E-state index is -0.460. The van der Waals surface area contributed by atoms with Crippen LogP contribution in [0.25, 0.3) is 0 Å². The van der Waals surface area contributed by atoms with E-state index in [-0.39, 0.29) is 18.4 Å². The Kier molecular flexibility index (Phi) is 3.08. The largest absolute Gasteiger partial charge is 0.345 e. The Labute approximate surface area is 98.8 Å². The maximum absolute atomic E-state index is 11.7. The molecule has 1 saturated heterocycles. The molecule has 2 heterocycles. The van der Waals surface area contributed by atoms with Crippen molar-refractivity contribution in [1.82, 2.24) is 25.0 Å². The summed E-state index contributed by atoms with van der Waals surface area (Å²) >= 11 is 0. The molecule has 92 valence electrons. The molecule has 1 atom stereocenters. The highest BCUT2D eigenvalue weighted by Crippen LogP contribution is 2.09. The van der Waals surface area contributed by atoms with E-state index in [9.17, 15) is 9.59 Å². The highest BCUT2D eigenvalue weighted by atomic mass is 16.2. The van der Waals surface area contributed by atoms with Crippen LogP contribution in [0.15, 0.2) is 6.33 Å². The van der Waals surface area contributed by atoms with Gasteiger partial charge in [0.05, 0.1) is 13.1 Å². The maximum Gasteiger partial charge on any atom is 0.243 e. The molecule has 1 unspecified atom stereocenters. The second kappa shape index (κ2) is 4.52. The van der Waals surface area contributed by atoms with E-state index in [1.54, 1.807) is 11.6 Å². The summed E-state index contributed by atoms with van der Waals surface area (Å²) in [6.45, 7) is 4.73. The summed E-state index contributed by atoms with van der Waals surface area (Å²) in [6, 6.07) is -0.460. The van der Waals surface area contributed by atoms with E-state index >= 15 is 0 Å². The van der Waals surface area contributed by atoms with Crippen molar-refractivity contribution >= 4 is 11.8 Å². The van der Waals surface area contributed by atoms with Gasteiger partial charge in [0.1, 0.15) is 18.2 Å². The van der Waals surface area contributed by atoms with Crippen LogP contribution >= 0.6 is 0 Å². The molecule has 0 radical (unpaired) electrons. The smallest absolute Gasteiger partial charge is 0.243 e. The molecule has 1 aliphatic rings. The highest BCUT2D eigenvalue weighted by molar-refractivity contribution is 5.94. The standard InChI is InChI=1S/C10H15N5O2/c1-3-15-8(12-6-13-15)5-14-7(2)10(17)11-4-9(14)16/h6-7H,3-5H2,1-2H3,(H,11,17). The van der Waals surface area contributed by atoms with Crippen molar-refractivity contribution in [2.24, 2.45) is 0 Å². The summed E-state index contributed by atoms with van der Waals surface area (Å²) in [5.41, 5.74) is 0. The number of nitrogens with zero attached hydrogens (tertiary/aromatic N) is 4. The molecule has 0 aliphatic carbocycles. The summed E-state index contributed by atoms with van der Waals surface area (Å²) in [7, 11) is 0. The van der Waals surface area contributed by atoms with Gasteiger partial charge in [-0.25, -0.2) is 9.67 Å². The van der Waals surface area contributed by atoms with Crippen molar-refractivity contribution in [1.29, 1.82) is 0 Å². The van der Waals surface area contributed by atoms with Crippen molar-refractivity contribution in [2.45, 2.75) is 33.0 Å². The van der Waals surface area contributed by atoms with Crippen LogP contribution in [0.2, 0.25) is 0 Å². The van der Waals surface area contributed by atoms with Crippen molar-refractivity contribution in [3.8, 4) is 0 Å². The first kappa shape index (κ1) is 11.6. The van der Waals surface area contributed by atoms with Gasteiger partial charge in [0.25, 0.3) is 0 Å². The van der Waals surface area contributed by atoms with Gasteiger partial charge >= 0.3 is 0 Å². The lowest BCUT2D eigenvalue weighted by Gasteiger charge is -2.32. The fraction of sp³-hybridized carbons (Fsp3) is 0.600. The zero-order chi connectivity index (χ0) is 12.4. The predicted octanol–water partition coefficient (Wildman–Crippen LogP) is -0.855. The quantitative estimate of drug-likeness (QED) is 0.742. The van der Waals surface area contributed by atoms with Gasteiger partial charge in [-0.2, -0.15) is 5.10 Å². The molecule has 0 spiro atoms. The van der Waals surface area contributed by atoms with E-state index in [0.29, 0.717) is 18.9 Å². The molecule has 2 rings (SSSR count). The lowest BCUT2D eigenvalue weighted by atomic mass is 10.2. The first-order valence-corrected chi connectivity index (χ1v) is 5.57. The molecule has 1 aromatic rings. The summed E-state index contributed by atoms with van der Waals surface area (Å²) in [5.74, 6) is 0.470. The SMILES string of the molecule is CCn1ncnc1CN1C(=O)CNC(=O)C1C. The molecular formula is C10H15N5O2. The van der Waals surface area contributed by atoms with Crippen LogP contribution in [0.3, 0.4) is 0 Å². The third-order valence-corrected chi connectivity index (χ3v) is 2.89. The van der Waals surface area contributed by atoms with Crippen molar-refractivity contribution in [3.05, 3.63) is 12.2 Å². The minimum Gasteiger partial charge on any atom is -0.345 e. The summed E-state index contributed by atoms with van der Waals surface area (Å²) in [6.07, 6.45) is 1.46. The van der Waals surface area contributed by atoms with Crippen LogP contribution in [0.1, 0.15) is 19.7 Å². The Morgan fingerprint density at radius 3 is 3.00 bits per heavy atom. The topological polar surface area (TPSA) is 80.1 Å². The van der Waals surface area contributed by atoms with E-state index in [1.807, 2.05) is 6.92 Å². The Morgan fingerprint density at radius 1 is 1.53 bits per heavy atom. The van der Waals surface area contributed by atoms with Crippen LogP contribution in [0, 0.1) is 0 Å². The number of piperazine rings is 1. The van der Waals surface area contributed by atoms with Gasteiger partial charge in [-0.05, 0) is 13.8 Å². The van der Waals surface area contributed by atoms with E-state index in [4.69, 9.17) is 0 Å². The average molecular weight is 237 g/mol. The van der Waals surface area contributed by atoms with Gasteiger partial charge in [0.2, 0.25) is 11.8 Å². The van der Waals surface area contributed by atoms with Crippen molar-refractivity contribution < 1.29 is 9.59 Å². The molecule has 7 nitrogen and oxygen atoms in total. The van der Waals surface area contributed by atoms with Gasteiger partial charge in [-0.15, -0.1) is 0 Å². The number of carbonyl (C=O) groups is 2. The number of amides is 2. The zero-order valence-corrected chi connectivity index (χ0v) is 9.88. The third-order valence-electron chi connectivity index (χ3n) is 2.89. The minimum absolute atomic E-state index is 0.0590. The van der Waals surface area contributed by atoms with Gasteiger partial charge in [-0.1, -0.05) is 0 Å². The summed E-state index contributed by atoms with van der Waals surface area (Å²) < 4.78 is 1.71. The lowest BCUT2D eigenvalue weighted by molar-refractivity contribution is -0.145. The number of rotatable bonds is 3. The molecule has 7 heteroatoms. The first-order valence-electron chi connectivity index (χ1n) is 5.57. The molecule has 1 aromatic heterocycles. The number of aromatic nitrogens is 3. The molecular weight excluding hydrogens is 222 g/mol. The highest BCUT2D eigenvalue weighted by Gasteiger charge is 2.31. The third kappa shape index (κ3) is 2.13. The normalized spacial score (nSPS) is 20.6. The number of hydrogen-bond acceptors (Lipinski definition) is 4. The lowest BCUT2D eigenvalue weighted by Crippen LogP contribution is -2.56. The molecule has 1 N–H and O–H groups in total. The molecule has 17 heavy (non-hydrogen) atoms. The monoisotopic (exact) mass is 237 g/mol. The Hall–Kier alpha value is -1.92. The number of nitrogens with one attached hydrogen (secondary N) is 1. The fourth-order valence-electron chi connectivity index (χ4n) is 1.82. The molecule has 0 bridgehead atoms. The number of aryl methyl sites for hydroxylation is 1. The Balaban J connectivity index is 2.16. The number of hydrogen-bond donors (Lipinski definition) is 1. The number of carbonyl (C=O) groups excluding carboxylic acids is 2. The predicted molar refractivity (Wildman–Crippen MR) is 58.7 cm³/mol. The van der Waals surface area contributed by atoms with Gasteiger partial charge in [0.15, 0.2) is 0 Å². The summed E-state index contributed by atoms with van der Waals surface area (Å²) in [5, 5.41) is 6.58. The first-order chi connectivity index (χ1) is 8.13. The van der Waals surface area contributed by atoms with Crippen LogP contribution in [0.4, 0.5) is 0 Å². The van der Waals surface area contributed by atoms with Crippen molar-refractivity contribution in [3.63, 3.8) is 0 Å². The maximum atomic E-state index is 11.7. The molecule has 0 aromatic carbocycles. The van der Waals surface area contributed by atoms with Gasteiger partial charge in [-0.3, -0.25) is 9.59 Å². The zero-order valence-electron chi connectivity index (χ0n) is 9.88. The van der Waals surface area contributed by atoms with E-state index < -0.39 is 6.04 Å². The van der Waals surface area contributed by atoms with Crippen LogP contribution in [0.5, 0.6) is 0 Å². The van der Waals surface area contributed by atoms with Crippen LogP contribution in [-0.2, 0) is 22.7 Å². The summed E-state index contributed by atoms with van der Waals surface area (Å²) in [4.78, 5) is 28.8. The van der Waals surface area contributed by atoms with Crippen molar-refractivity contribution in [2.75, 3.05) is 6.54 Å². The Bertz CT molecular complexity index is 442. The van der Waals surface area contributed by atoms with Gasteiger partial charge in [0, 0.05) is 6.54 Å². The van der Waals surface area contributed by atoms with Crippen LogP contribution in [-0.4, -0.2) is 44.1 Å². The van der Waals surface area contributed by atoms with E-state index in [2.05, 4.69) is 15.4 Å². The van der Waals surface area contributed by atoms with Gasteiger partial charge < -0.3 is 10.2 Å². The Morgan fingerprint density at radius 2 is 2.29 bits per heavy atom. The molecule has 0 saturated carbocycles. The molecule has 1 fully saturated rings. The molecule has 1 aliphatic heterocycles. The van der Waals surface area contributed by atoms with Crippen LogP contribution < -0.4 is 5.32 Å². The van der Waals surface area contributed by atoms with E-state index in [1.165, 1.54) is 11.2 Å². The second-order valence-electron chi connectivity index (χ2n) is 3.91.